The predicted molar refractivity (Wildman–Crippen MR) is 83.0 cm³/mol. The minimum atomic E-state index is -0.0719. The van der Waals surface area contributed by atoms with Crippen molar-refractivity contribution in [1.29, 1.82) is 0 Å². The average Bonchev–Trinajstić information content (AvgIpc) is 3.21. The van der Waals surface area contributed by atoms with Gasteiger partial charge in [-0.1, -0.05) is 6.92 Å². The zero-order valence-corrected chi connectivity index (χ0v) is 12.6. The van der Waals surface area contributed by atoms with E-state index in [4.69, 9.17) is 5.73 Å². The number of hydrogen-bond acceptors (Lipinski definition) is 4. The van der Waals surface area contributed by atoms with Crippen molar-refractivity contribution in [1.82, 2.24) is 10.3 Å². The third kappa shape index (κ3) is 2.38. The Kier molecular flexibility index (Phi) is 3.38. The SMILES string of the molecule is Cc1ccnc2sc(C(=O)NCC(C)C3CC3)c(N)c12. The van der Waals surface area contributed by atoms with Crippen molar-refractivity contribution in [3.63, 3.8) is 0 Å². The second-order valence-corrected chi connectivity index (χ2v) is 6.68. The fourth-order valence-electron chi connectivity index (χ4n) is 2.54. The molecule has 0 aliphatic heterocycles. The van der Waals surface area contributed by atoms with Crippen LogP contribution in [0.5, 0.6) is 0 Å². The minimum absolute atomic E-state index is 0.0719. The number of anilines is 1. The number of thiophene rings is 1. The number of carbonyl (C=O) groups is 1. The first kappa shape index (κ1) is 13.4. The van der Waals surface area contributed by atoms with Gasteiger partial charge in [-0.15, -0.1) is 11.3 Å². The first-order valence-corrected chi connectivity index (χ1v) is 7.81. The molecule has 5 heteroatoms. The van der Waals surface area contributed by atoms with Crippen LogP contribution in [-0.4, -0.2) is 17.4 Å². The van der Waals surface area contributed by atoms with Crippen LogP contribution in [0.2, 0.25) is 0 Å². The highest BCUT2D eigenvalue weighted by Crippen LogP contribution is 2.37. The lowest BCUT2D eigenvalue weighted by atomic mass is 10.1. The maximum Gasteiger partial charge on any atom is 0.263 e. The Labute approximate surface area is 122 Å². The fourth-order valence-corrected chi connectivity index (χ4v) is 3.59. The molecule has 0 saturated heterocycles. The first-order valence-electron chi connectivity index (χ1n) is 6.99. The molecule has 106 valence electrons. The van der Waals surface area contributed by atoms with Crippen LogP contribution in [0, 0.1) is 18.8 Å². The number of fused-ring (bicyclic) bond motifs is 1. The van der Waals surface area contributed by atoms with Gasteiger partial charge >= 0.3 is 0 Å². The minimum Gasteiger partial charge on any atom is -0.397 e. The van der Waals surface area contributed by atoms with Crippen molar-refractivity contribution in [3.05, 3.63) is 22.7 Å². The van der Waals surface area contributed by atoms with E-state index >= 15 is 0 Å². The summed E-state index contributed by atoms with van der Waals surface area (Å²) >= 11 is 1.37. The Morgan fingerprint density at radius 2 is 2.35 bits per heavy atom. The van der Waals surface area contributed by atoms with Gasteiger partial charge in [0.1, 0.15) is 9.71 Å². The molecule has 1 amide bonds. The third-order valence-electron chi connectivity index (χ3n) is 4.05. The van der Waals surface area contributed by atoms with E-state index in [0.717, 1.165) is 28.2 Å². The van der Waals surface area contributed by atoms with Gasteiger partial charge in [0.15, 0.2) is 0 Å². The number of aryl methyl sites for hydroxylation is 1. The number of nitrogens with one attached hydrogen (secondary N) is 1. The number of rotatable bonds is 4. The van der Waals surface area contributed by atoms with Crippen LogP contribution < -0.4 is 11.1 Å². The lowest BCUT2D eigenvalue weighted by Crippen LogP contribution is -2.28. The molecule has 1 atom stereocenters. The zero-order chi connectivity index (χ0) is 14.3. The topological polar surface area (TPSA) is 68.0 Å². The van der Waals surface area contributed by atoms with Crippen LogP contribution in [0.3, 0.4) is 0 Å². The molecule has 2 heterocycles. The molecular weight excluding hydrogens is 270 g/mol. The highest BCUT2D eigenvalue weighted by atomic mass is 32.1. The quantitative estimate of drug-likeness (QED) is 0.909. The molecule has 0 aromatic carbocycles. The van der Waals surface area contributed by atoms with Crippen LogP contribution in [0.25, 0.3) is 10.2 Å². The van der Waals surface area contributed by atoms with Gasteiger partial charge in [0.05, 0.1) is 5.69 Å². The Balaban J connectivity index is 1.80. The van der Waals surface area contributed by atoms with E-state index in [0.29, 0.717) is 16.5 Å². The van der Waals surface area contributed by atoms with Gasteiger partial charge < -0.3 is 11.1 Å². The highest BCUT2D eigenvalue weighted by Gasteiger charge is 2.28. The van der Waals surface area contributed by atoms with Crippen molar-refractivity contribution in [2.45, 2.75) is 26.7 Å². The van der Waals surface area contributed by atoms with Gasteiger partial charge in [-0.2, -0.15) is 0 Å². The maximum absolute atomic E-state index is 12.3. The summed E-state index contributed by atoms with van der Waals surface area (Å²) in [6, 6.07) is 1.92. The van der Waals surface area contributed by atoms with Gasteiger partial charge in [0.2, 0.25) is 0 Å². The largest absolute Gasteiger partial charge is 0.397 e. The van der Waals surface area contributed by atoms with Crippen molar-refractivity contribution in [2.24, 2.45) is 11.8 Å². The number of nitrogens with two attached hydrogens (primary N) is 1. The molecule has 1 fully saturated rings. The molecule has 0 radical (unpaired) electrons. The van der Waals surface area contributed by atoms with Gasteiger partial charge in [-0.25, -0.2) is 4.98 Å². The van der Waals surface area contributed by atoms with Crippen LogP contribution in [0.1, 0.15) is 35.0 Å². The molecule has 3 N–H and O–H groups in total. The Morgan fingerprint density at radius 1 is 1.60 bits per heavy atom. The summed E-state index contributed by atoms with van der Waals surface area (Å²) < 4.78 is 0. The van der Waals surface area contributed by atoms with E-state index in [-0.39, 0.29) is 5.91 Å². The summed E-state index contributed by atoms with van der Waals surface area (Å²) in [5.41, 5.74) is 7.76. The van der Waals surface area contributed by atoms with E-state index in [1.54, 1.807) is 6.20 Å². The summed E-state index contributed by atoms with van der Waals surface area (Å²) in [5.74, 6) is 1.27. The van der Waals surface area contributed by atoms with Gasteiger partial charge in [-0.05, 0) is 43.2 Å². The molecule has 1 saturated carbocycles. The Hall–Kier alpha value is -1.62. The van der Waals surface area contributed by atoms with Crippen molar-refractivity contribution in [3.8, 4) is 0 Å². The van der Waals surface area contributed by atoms with Crippen molar-refractivity contribution in [2.75, 3.05) is 12.3 Å². The van der Waals surface area contributed by atoms with Gasteiger partial charge in [-0.3, -0.25) is 4.79 Å². The molecule has 1 unspecified atom stereocenters. The Morgan fingerprint density at radius 3 is 3.00 bits per heavy atom. The number of nitrogen functional groups attached to an aromatic ring is 1. The number of hydrogen-bond donors (Lipinski definition) is 2. The van der Waals surface area contributed by atoms with Crippen LogP contribution >= 0.6 is 11.3 Å². The number of amides is 1. The molecule has 0 spiro atoms. The smallest absolute Gasteiger partial charge is 0.263 e. The fraction of sp³-hybridized carbons (Fsp3) is 0.467. The van der Waals surface area contributed by atoms with Crippen LogP contribution in [0.15, 0.2) is 12.3 Å². The molecule has 20 heavy (non-hydrogen) atoms. The van der Waals surface area contributed by atoms with E-state index < -0.39 is 0 Å². The normalized spacial score (nSPS) is 16.3. The molecule has 3 rings (SSSR count). The third-order valence-corrected chi connectivity index (χ3v) is 5.17. The van der Waals surface area contributed by atoms with Crippen LogP contribution in [-0.2, 0) is 0 Å². The molecule has 2 aromatic rings. The standard InChI is InChI=1S/C15H19N3OS/c1-8-5-6-17-15-11(8)12(16)13(20-15)14(19)18-7-9(2)10-3-4-10/h5-6,9-10H,3-4,7,16H2,1-2H3,(H,18,19). The highest BCUT2D eigenvalue weighted by molar-refractivity contribution is 7.21. The summed E-state index contributed by atoms with van der Waals surface area (Å²) in [6.45, 7) is 4.91. The lowest BCUT2D eigenvalue weighted by Gasteiger charge is -2.10. The van der Waals surface area contributed by atoms with Gasteiger partial charge in [0, 0.05) is 18.1 Å². The molecule has 4 nitrogen and oxygen atoms in total. The van der Waals surface area contributed by atoms with Crippen molar-refractivity contribution < 1.29 is 4.79 Å². The zero-order valence-electron chi connectivity index (χ0n) is 11.8. The molecule has 2 aromatic heterocycles. The first-order chi connectivity index (χ1) is 9.58. The number of pyridine rings is 1. The number of aromatic nitrogens is 1. The second kappa shape index (κ2) is 5.05. The molecule has 1 aliphatic carbocycles. The van der Waals surface area contributed by atoms with Gasteiger partial charge in [0.25, 0.3) is 5.91 Å². The molecule has 1 aliphatic rings. The molecular formula is C15H19N3OS. The van der Waals surface area contributed by atoms with E-state index in [9.17, 15) is 4.79 Å². The summed E-state index contributed by atoms with van der Waals surface area (Å²) in [6.07, 6.45) is 4.35. The number of carbonyl (C=O) groups excluding carboxylic acids is 1. The summed E-state index contributed by atoms with van der Waals surface area (Å²) in [7, 11) is 0. The van der Waals surface area contributed by atoms with Crippen molar-refractivity contribution >= 4 is 33.1 Å². The monoisotopic (exact) mass is 289 g/mol. The molecule has 0 bridgehead atoms. The van der Waals surface area contributed by atoms with Crippen LogP contribution in [0.4, 0.5) is 5.69 Å². The van der Waals surface area contributed by atoms with E-state index in [1.165, 1.54) is 24.2 Å². The Bertz CT molecular complexity index is 660. The van der Waals surface area contributed by atoms with E-state index in [2.05, 4.69) is 17.2 Å². The van der Waals surface area contributed by atoms with E-state index in [1.807, 2.05) is 13.0 Å². The lowest BCUT2D eigenvalue weighted by molar-refractivity contribution is 0.0951. The second-order valence-electron chi connectivity index (χ2n) is 5.68. The summed E-state index contributed by atoms with van der Waals surface area (Å²) in [4.78, 5) is 18.0. The average molecular weight is 289 g/mol. The maximum atomic E-state index is 12.3. The predicted octanol–water partition coefficient (Wildman–Crippen LogP) is 2.96. The number of nitrogens with zero attached hydrogens (tertiary/aromatic N) is 1. The summed E-state index contributed by atoms with van der Waals surface area (Å²) in [5, 5.41) is 3.92.